The van der Waals surface area contributed by atoms with Crippen molar-refractivity contribution in [1.82, 2.24) is 0 Å². The quantitative estimate of drug-likeness (QED) is 0.634. The molecule has 0 spiro atoms. The molecule has 0 aromatic heterocycles. The van der Waals surface area contributed by atoms with E-state index in [-0.39, 0.29) is 0 Å². The zero-order chi connectivity index (χ0) is 11.2. The van der Waals surface area contributed by atoms with Gasteiger partial charge in [0.2, 0.25) is 0 Å². The molecular weight excluding hydrogens is 211 g/mol. The lowest BCUT2D eigenvalue weighted by molar-refractivity contribution is 0.355. The Morgan fingerprint density at radius 1 is 1.06 bits per heavy atom. The number of hydrogen-bond acceptors (Lipinski definition) is 0. The van der Waals surface area contributed by atoms with Gasteiger partial charge in [-0.1, -0.05) is 52.3 Å². The summed E-state index contributed by atoms with van der Waals surface area (Å²) in [6.45, 7) is 2.34. The zero-order valence-electron chi connectivity index (χ0n) is 10.2. The van der Waals surface area contributed by atoms with Gasteiger partial charge in [-0.2, -0.15) is 0 Å². The average Bonchev–Trinajstić information content (AvgIpc) is 2.38. The topological polar surface area (TPSA) is 0 Å². The molecule has 1 heteroatoms. The van der Waals surface area contributed by atoms with Crippen LogP contribution in [0.25, 0.3) is 0 Å². The Hall–Kier alpha value is -0.350. The Morgan fingerprint density at radius 3 is 2.38 bits per heavy atom. The van der Waals surface area contributed by atoms with Gasteiger partial charge in [0, 0.05) is 0 Å². The Morgan fingerprint density at radius 2 is 1.75 bits per heavy atom. The molecular formula is C15H22P. The van der Waals surface area contributed by atoms with Crippen LogP contribution in [-0.4, -0.2) is 5.66 Å². The van der Waals surface area contributed by atoms with E-state index in [1.165, 1.54) is 43.8 Å². The lowest BCUT2D eigenvalue weighted by Gasteiger charge is -2.27. The summed E-state index contributed by atoms with van der Waals surface area (Å²) in [6, 6.07) is 10.9. The van der Waals surface area contributed by atoms with Gasteiger partial charge in [-0.15, -0.1) is 0 Å². The Bertz CT molecular complexity index is 286. The molecule has 0 atom stereocenters. The van der Waals surface area contributed by atoms with E-state index < -0.39 is 0 Å². The smallest absolute Gasteiger partial charge is 0.00316 e. The third-order valence-electron chi connectivity index (χ3n) is 3.77. The van der Waals surface area contributed by atoms with Crippen molar-refractivity contribution >= 4 is 8.58 Å². The van der Waals surface area contributed by atoms with Gasteiger partial charge in [-0.3, -0.25) is 0 Å². The molecule has 0 amide bonds. The van der Waals surface area contributed by atoms with Crippen LogP contribution in [0.2, 0.25) is 0 Å². The van der Waals surface area contributed by atoms with Gasteiger partial charge < -0.3 is 0 Å². The van der Waals surface area contributed by atoms with Crippen molar-refractivity contribution in [2.24, 2.45) is 5.92 Å². The summed E-state index contributed by atoms with van der Waals surface area (Å²) in [5.41, 5.74) is 2.48. The third-order valence-corrected chi connectivity index (χ3v) is 5.35. The molecule has 0 unspecified atom stereocenters. The average molecular weight is 233 g/mol. The molecule has 16 heavy (non-hydrogen) atoms. The van der Waals surface area contributed by atoms with Crippen LogP contribution >= 0.6 is 8.58 Å². The number of hydrogen-bond donors (Lipinski definition) is 0. The lowest BCUT2D eigenvalue weighted by Crippen LogP contribution is -2.14. The van der Waals surface area contributed by atoms with Gasteiger partial charge in [-0.05, 0) is 49.0 Å². The van der Waals surface area contributed by atoms with Crippen LogP contribution in [0.15, 0.2) is 30.3 Å². The highest BCUT2D eigenvalue weighted by molar-refractivity contribution is 7.38. The van der Waals surface area contributed by atoms with Crippen molar-refractivity contribution in [3.8, 4) is 0 Å². The predicted molar refractivity (Wildman–Crippen MR) is 73.1 cm³/mol. The van der Waals surface area contributed by atoms with E-state index in [2.05, 4.69) is 37.3 Å². The normalized spacial score (nSPS) is 26.3. The Kier molecular flexibility index (Phi) is 4.85. The van der Waals surface area contributed by atoms with Crippen LogP contribution in [0.1, 0.15) is 44.6 Å². The molecule has 1 saturated carbocycles. The van der Waals surface area contributed by atoms with Gasteiger partial charge in [0.05, 0.1) is 0 Å². The maximum absolute atomic E-state index is 2.34. The van der Waals surface area contributed by atoms with E-state index in [0.29, 0.717) is 0 Å². The van der Waals surface area contributed by atoms with Crippen molar-refractivity contribution < 1.29 is 0 Å². The fourth-order valence-electron chi connectivity index (χ4n) is 2.55. The van der Waals surface area contributed by atoms with E-state index in [1.54, 1.807) is 8.58 Å². The van der Waals surface area contributed by atoms with E-state index in [1.807, 2.05) is 0 Å². The summed E-state index contributed by atoms with van der Waals surface area (Å²) in [5.74, 6) is 1.03. The highest BCUT2D eigenvalue weighted by Gasteiger charge is 2.19. The fraction of sp³-hybridized carbons (Fsp3) is 0.600. The van der Waals surface area contributed by atoms with Gasteiger partial charge in [0.15, 0.2) is 0 Å². The monoisotopic (exact) mass is 233 g/mol. The van der Waals surface area contributed by atoms with Crippen LogP contribution in [0, 0.1) is 5.92 Å². The maximum Gasteiger partial charge on any atom is -0.00316 e. The molecule has 0 bridgehead atoms. The van der Waals surface area contributed by atoms with Crippen LogP contribution in [0.3, 0.4) is 0 Å². The third kappa shape index (κ3) is 3.59. The summed E-state index contributed by atoms with van der Waals surface area (Å²) < 4.78 is 0. The van der Waals surface area contributed by atoms with Crippen molar-refractivity contribution in [3.05, 3.63) is 35.9 Å². The summed E-state index contributed by atoms with van der Waals surface area (Å²) in [5, 5.41) is 0. The summed E-state index contributed by atoms with van der Waals surface area (Å²) >= 11 is 0. The molecule has 1 aromatic carbocycles. The first-order chi connectivity index (χ1) is 7.88. The van der Waals surface area contributed by atoms with E-state index in [4.69, 9.17) is 0 Å². The first-order valence-electron chi connectivity index (χ1n) is 6.59. The fourth-order valence-corrected chi connectivity index (χ4v) is 3.90. The molecule has 0 aliphatic heterocycles. The number of benzene rings is 1. The van der Waals surface area contributed by atoms with Crippen molar-refractivity contribution in [2.75, 3.05) is 0 Å². The van der Waals surface area contributed by atoms with E-state index >= 15 is 0 Å². The van der Waals surface area contributed by atoms with Gasteiger partial charge in [-0.25, -0.2) is 0 Å². The molecule has 0 saturated heterocycles. The minimum Gasteiger partial charge on any atom is -0.0727 e. The minimum atomic E-state index is 0.975. The van der Waals surface area contributed by atoms with Crippen molar-refractivity contribution in [2.45, 2.75) is 50.8 Å². The van der Waals surface area contributed by atoms with Gasteiger partial charge in [0.25, 0.3) is 0 Å². The van der Waals surface area contributed by atoms with Crippen LogP contribution in [-0.2, 0) is 6.16 Å². The number of rotatable bonds is 4. The largest absolute Gasteiger partial charge is 0.0727 e. The summed E-state index contributed by atoms with van der Waals surface area (Å²) in [7, 11) is 1.66. The molecule has 0 N–H and O–H groups in total. The SMILES string of the molecule is CCC1CCC([P]Cc2ccccc2)CC1. The van der Waals surface area contributed by atoms with Crippen LogP contribution in [0.4, 0.5) is 0 Å². The molecule has 1 aliphatic carbocycles. The highest BCUT2D eigenvalue weighted by Crippen LogP contribution is 2.38. The maximum atomic E-state index is 2.34. The first-order valence-corrected chi connectivity index (χ1v) is 7.74. The van der Waals surface area contributed by atoms with Gasteiger partial charge >= 0.3 is 0 Å². The Labute approximate surface area is 102 Å². The molecule has 1 aromatic rings. The first kappa shape index (κ1) is 12.1. The molecule has 0 nitrogen and oxygen atoms in total. The predicted octanol–water partition coefficient (Wildman–Crippen LogP) is 5.10. The lowest BCUT2D eigenvalue weighted by atomic mass is 9.87. The van der Waals surface area contributed by atoms with Crippen molar-refractivity contribution in [1.29, 1.82) is 0 Å². The molecule has 1 radical (unpaired) electrons. The van der Waals surface area contributed by atoms with E-state index in [9.17, 15) is 0 Å². The zero-order valence-corrected chi connectivity index (χ0v) is 11.1. The van der Waals surface area contributed by atoms with Crippen molar-refractivity contribution in [3.63, 3.8) is 0 Å². The highest BCUT2D eigenvalue weighted by atomic mass is 31.1. The molecule has 1 aliphatic rings. The second kappa shape index (κ2) is 6.40. The second-order valence-corrected chi connectivity index (χ2v) is 6.32. The minimum absolute atomic E-state index is 0.975. The van der Waals surface area contributed by atoms with Gasteiger partial charge in [0.1, 0.15) is 0 Å². The van der Waals surface area contributed by atoms with Crippen LogP contribution < -0.4 is 0 Å². The summed E-state index contributed by atoms with van der Waals surface area (Å²) in [6.07, 6.45) is 8.52. The molecule has 0 heterocycles. The second-order valence-electron chi connectivity index (χ2n) is 4.91. The van der Waals surface area contributed by atoms with E-state index in [0.717, 1.165) is 11.6 Å². The standard InChI is InChI=1S/C15H22P/c1-2-13-8-10-15(11-9-13)16-12-14-6-4-3-5-7-14/h3-7,13,15H,2,8-12H2,1H3. The molecule has 87 valence electrons. The summed E-state index contributed by atoms with van der Waals surface area (Å²) in [4.78, 5) is 0. The molecule has 1 fully saturated rings. The molecule has 2 rings (SSSR count). The Balaban J connectivity index is 1.72. The van der Waals surface area contributed by atoms with Crippen LogP contribution in [0.5, 0.6) is 0 Å².